The molecule has 1 unspecified atom stereocenters. The van der Waals surface area contributed by atoms with Crippen molar-refractivity contribution in [1.29, 1.82) is 0 Å². The molecule has 0 spiro atoms. The molecule has 1 saturated heterocycles. The first-order valence-electron chi connectivity index (χ1n) is 11.3. The third-order valence-corrected chi connectivity index (χ3v) is 6.69. The Kier molecular flexibility index (Phi) is 4.84. The number of likely N-dealkylation sites (tertiary alicyclic amines) is 1. The van der Waals surface area contributed by atoms with E-state index in [1.165, 1.54) is 11.1 Å². The highest BCUT2D eigenvalue weighted by Gasteiger charge is 2.34. The van der Waals surface area contributed by atoms with Crippen molar-refractivity contribution in [3.8, 4) is 11.5 Å². The van der Waals surface area contributed by atoms with Crippen molar-refractivity contribution < 1.29 is 5.11 Å². The highest BCUT2D eigenvalue weighted by atomic mass is 16.3. The van der Waals surface area contributed by atoms with Gasteiger partial charge in [-0.15, -0.1) is 10.2 Å². The average Bonchev–Trinajstić information content (AvgIpc) is 3.34. The van der Waals surface area contributed by atoms with E-state index in [0.717, 1.165) is 41.0 Å². The second-order valence-electron chi connectivity index (χ2n) is 10.4. The fraction of sp³-hybridized carbons (Fsp3) is 0.423. The number of pyridine rings is 2. The number of benzene rings is 1. The lowest BCUT2D eigenvalue weighted by Crippen LogP contribution is -2.31. The van der Waals surface area contributed by atoms with Crippen LogP contribution in [-0.2, 0) is 5.41 Å². The molecule has 3 aromatic heterocycles. The Morgan fingerprint density at radius 2 is 1.88 bits per heavy atom. The summed E-state index contributed by atoms with van der Waals surface area (Å²) in [5.74, 6) is 0.744. The van der Waals surface area contributed by atoms with Gasteiger partial charge in [-0.25, -0.2) is 4.98 Å². The Hall–Kier alpha value is -2.83. The summed E-state index contributed by atoms with van der Waals surface area (Å²) in [7, 11) is 0. The standard InChI is InChI=1S/C26H31N5O/c1-17(30-14-13-26(5,32)16-30)19-10-12-22-28-29-24(31(22)15-19)21-11-9-18-7-6-8-20(23(18)27-21)25(2,3)4/h6-12,15,17,32H,13-14,16H2,1-5H3/t17-,26?/m0/s1. The van der Waals surface area contributed by atoms with Gasteiger partial charge in [0.25, 0.3) is 0 Å². The smallest absolute Gasteiger partial charge is 0.187 e. The summed E-state index contributed by atoms with van der Waals surface area (Å²) in [5.41, 5.74) is 4.41. The molecule has 1 N–H and O–H groups in total. The molecule has 1 fully saturated rings. The molecular formula is C26H31N5O. The molecule has 6 heteroatoms. The number of fused-ring (bicyclic) bond motifs is 2. The molecule has 0 bridgehead atoms. The van der Waals surface area contributed by atoms with Crippen LogP contribution < -0.4 is 0 Å². The van der Waals surface area contributed by atoms with Crippen LogP contribution in [-0.4, -0.2) is 48.3 Å². The maximum absolute atomic E-state index is 10.4. The van der Waals surface area contributed by atoms with Crippen LogP contribution in [0.2, 0.25) is 0 Å². The zero-order valence-corrected chi connectivity index (χ0v) is 19.5. The third-order valence-electron chi connectivity index (χ3n) is 6.69. The fourth-order valence-corrected chi connectivity index (χ4v) is 4.73. The SMILES string of the molecule is C[C@@H](c1ccc2nnc(-c3ccc4cccc(C(C)(C)C)c4n3)n2c1)N1CCC(C)(O)C1. The predicted octanol–water partition coefficient (Wildman–Crippen LogP) is 4.76. The normalized spacial score (nSPS) is 20.9. The average molecular weight is 430 g/mol. The van der Waals surface area contributed by atoms with Gasteiger partial charge in [-0.3, -0.25) is 9.30 Å². The van der Waals surface area contributed by atoms with Crippen molar-refractivity contribution in [2.75, 3.05) is 13.1 Å². The van der Waals surface area contributed by atoms with E-state index in [4.69, 9.17) is 4.98 Å². The first-order valence-corrected chi connectivity index (χ1v) is 11.3. The number of nitrogens with zero attached hydrogens (tertiary/aromatic N) is 5. The molecule has 0 amide bonds. The van der Waals surface area contributed by atoms with E-state index in [9.17, 15) is 5.11 Å². The number of rotatable bonds is 3. The Morgan fingerprint density at radius 1 is 1.06 bits per heavy atom. The molecule has 5 rings (SSSR count). The van der Waals surface area contributed by atoms with E-state index in [1.54, 1.807) is 0 Å². The van der Waals surface area contributed by atoms with Gasteiger partial charge < -0.3 is 5.11 Å². The first kappa shape index (κ1) is 21.0. The molecule has 2 atom stereocenters. The number of aromatic nitrogens is 4. The first-order chi connectivity index (χ1) is 15.1. The van der Waals surface area contributed by atoms with E-state index in [-0.39, 0.29) is 11.5 Å². The minimum Gasteiger partial charge on any atom is -0.389 e. The van der Waals surface area contributed by atoms with Gasteiger partial charge >= 0.3 is 0 Å². The topological polar surface area (TPSA) is 66.5 Å². The van der Waals surface area contributed by atoms with E-state index >= 15 is 0 Å². The molecule has 166 valence electrons. The van der Waals surface area contributed by atoms with Crippen molar-refractivity contribution in [2.45, 2.75) is 58.1 Å². The van der Waals surface area contributed by atoms with Crippen molar-refractivity contribution in [1.82, 2.24) is 24.5 Å². The quantitative estimate of drug-likeness (QED) is 0.509. The van der Waals surface area contributed by atoms with Gasteiger partial charge in [0, 0.05) is 30.7 Å². The molecular weight excluding hydrogens is 398 g/mol. The van der Waals surface area contributed by atoms with Gasteiger partial charge in [-0.1, -0.05) is 51.1 Å². The Balaban J connectivity index is 1.58. The molecule has 4 aromatic rings. The van der Waals surface area contributed by atoms with Gasteiger partial charge in [0.15, 0.2) is 11.5 Å². The van der Waals surface area contributed by atoms with E-state index in [1.807, 2.05) is 23.5 Å². The van der Waals surface area contributed by atoms with Crippen LogP contribution in [0.4, 0.5) is 0 Å². The number of hydrogen-bond acceptors (Lipinski definition) is 5. The van der Waals surface area contributed by atoms with Crippen LogP contribution in [0, 0.1) is 0 Å². The van der Waals surface area contributed by atoms with Crippen LogP contribution in [0.25, 0.3) is 28.1 Å². The minimum absolute atomic E-state index is 0.00240. The molecule has 0 radical (unpaired) electrons. The fourth-order valence-electron chi connectivity index (χ4n) is 4.73. The van der Waals surface area contributed by atoms with Crippen LogP contribution in [0.5, 0.6) is 0 Å². The zero-order chi connectivity index (χ0) is 22.7. The van der Waals surface area contributed by atoms with Gasteiger partial charge in [-0.2, -0.15) is 0 Å². The number of hydrogen-bond donors (Lipinski definition) is 1. The van der Waals surface area contributed by atoms with Crippen LogP contribution in [0.15, 0.2) is 48.7 Å². The Bertz CT molecular complexity index is 1300. The van der Waals surface area contributed by atoms with Crippen molar-refractivity contribution >= 4 is 16.6 Å². The summed E-state index contributed by atoms with van der Waals surface area (Å²) in [4.78, 5) is 7.37. The molecule has 1 aliphatic rings. The van der Waals surface area contributed by atoms with Gasteiger partial charge in [0.1, 0.15) is 5.69 Å². The van der Waals surface area contributed by atoms with E-state index in [0.29, 0.717) is 6.54 Å². The highest BCUT2D eigenvalue weighted by Crippen LogP contribution is 2.32. The summed E-state index contributed by atoms with van der Waals surface area (Å²) < 4.78 is 2.04. The lowest BCUT2D eigenvalue weighted by Gasteiger charge is -2.26. The summed E-state index contributed by atoms with van der Waals surface area (Å²) >= 11 is 0. The largest absolute Gasteiger partial charge is 0.389 e. The number of β-amino-alcohol motifs (C(OH)–C–C–N with tert-alkyl or cyclic N) is 1. The molecule has 0 aliphatic carbocycles. The van der Waals surface area contributed by atoms with Crippen LogP contribution >= 0.6 is 0 Å². The van der Waals surface area contributed by atoms with Crippen molar-refractivity contribution in [3.63, 3.8) is 0 Å². The van der Waals surface area contributed by atoms with Gasteiger partial charge in [0.05, 0.1) is 11.1 Å². The molecule has 0 saturated carbocycles. The summed E-state index contributed by atoms with van der Waals surface area (Å²) in [5, 5.41) is 20.4. The molecule has 6 nitrogen and oxygen atoms in total. The predicted molar refractivity (Wildman–Crippen MR) is 128 cm³/mol. The van der Waals surface area contributed by atoms with E-state index in [2.05, 4.69) is 79.3 Å². The van der Waals surface area contributed by atoms with Gasteiger partial charge in [0.2, 0.25) is 0 Å². The van der Waals surface area contributed by atoms with Crippen molar-refractivity contribution in [2.24, 2.45) is 0 Å². The van der Waals surface area contributed by atoms with Crippen molar-refractivity contribution in [3.05, 3.63) is 59.8 Å². The van der Waals surface area contributed by atoms with E-state index < -0.39 is 5.60 Å². The minimum atomic E-state index is -0.611. The summed E-state index contributed by atoms with van der Waals surface area (Å²) in [6.07, 6.45) is 2.92. The summed E-state index contributed by atoms with van der Waals surface area (Å²) in [6.45, 7) is 12.3. The maximum Gasteiger partial charge on any atom is 0.187 e. The molecule has 32 heavy (non-hydrogen) atoms. The lowest BCUT2D eigenvalue weighted by molar-refractivity contribution is 0.0633. The number of aliphatic hydroxyl groups is 1. The maximum atomic E-state index is 10.4. The van der Waals surface area contributed by atoms with Crippen LogP contribution in [0.1, 0.15) is 58.2 Å². The lowest BCUT2D eigenvalue weighted by atomic mass is 9.85. The molecule has 1 aliphatic heterocycles. The monoisotopic (exact) mass is 429 g/mol. The van der Waals surface area contributed by atoms with Gasteiger partial charge in [-0.05, 0) is 48.9 Å². The Labute approximate surface area is 188 Å². The van der Waals surface area contributed by atoms with Crippen LogP contribution in [0.3, 0.4) is 0 Å². The highest BCUT2D eigenvalue weighted by molar-refractivity contribution is 5.84. The second kappa shape index (κ2) is 7.36. The molecule has 4 heterocycles. The number of para-hydroxylation sites is 1. The zero-order valence-electron chi connectivity index (χ0n) is 19.5. The summed E-state index contributed by atoms with van der Waals surface area (Å²) in [6, 6.07) is 14.8. The Morgan fingerprint density at radius 3 is 2.59 bits per heavy atom. The third kappa shape index (κ3) is 3.67. The second-order valence-corrected chi connectivity index (χ2v) is 10.4. The molecule has 1 aromatic carbocycles.